The number of phenols is 1. The van der Waals surface area contributed by atoms with Crippen LogP contribution >= 0.6 is 0 Å². The van der Waals surface area contributed by atoms with Crippen molar-refractivity contribution in [1.82, 2.24) is 15.3 Å². The molecule has 178 valence electrons. The van der Waals surface area contributed by atoms with Crippen molar-refractivity contribution in [1.29, 1.82) is 0 Å². The molecule has 7 nitrogen and oxygen atoms in total. The minimum atomic E-state index is -5.06. The number of nitrogens with one attached hydrogen (secondary N) is 1. The highest BCUT2D eigenvalue weighted by Crippen LogP contribution is 2.33. The number of alkyl halides is 3. The number of piperidine rings is 1. The van der Waals surface area contributed by atoms with Crippen molar-refractivity contribution in [3.8, 4) is 17.1 Å². The molecule has 1 aliphatic heterocycles. The third-order valence-electron chi connectivity index (χ3n) is 5.85. The zero-order valence-electron chi connectivity index (χ0n) is 17.8. The number of hydrogen-bond acceptors (Lipinski definition) is 6. The molecule has 3 aromatic rings. The number of carbonyl (C=O) groups excluding carboxylic acids is 1. The van der Waals surface area contributed by atoms with Crippen LogP contribution in [0.2, 0.25) is 0 Å². The fraction of sp³-hybridized carbons (Fsp3) is 0.348. The summed E-state index contributed by atoms with van der Waals surface area (Å²) in [5.74, 6) is -0.399. The minimum absolute atomic E-state index is 0. The lowest BCUT2D eigenvalue weighted by atomic mass is 10.0. The van der Waals surface area contributed by atoms with Gasteiger partial charge in [-0.3, -0.25) is 4.79 Å². The number of phenolic OH excluding ortho intramolecular Hbond substituents is 1. The summed E-state index contributed by atoms with van der Waals surface area (Å²) in [7, 11) is 0. The summed E-state index contributed by atoms with van der Waals surface area (Å²) in [6.45, 7) is 1.31. The van der Waals surface area contributed by atoms with Gasteiger partial charge in [-0.2, -0.15) is 13.2 Å². The molecule has 0 bridgehead atoms. The standard InChI is InChI=1S/C23H23F3N4O3.2H2/c1-22(33,23(24,25)26)21(32)27-14-10-12-30(13-11-14)20-15-6-2-4-8-17(15)28-19(29-20)16-7-3-5-9-18(16)31;;/h2-9,14,31,33H,10-13H2,1H3,(H,27,32);2*1H. The van der Waals surface area contributed by atoms with Crippen molar-refractivity contribution in [3.05, 3.63) is 48.5 Å². The zero-order valence-corrected chi connectivity index (χ0v) is 17.8. The Hall–Kier alpha value is -3.40. The fourth-order valence-electron chi connectivity index (χ4n) is 3.77. The molecule has 1 fully saturated rings. The van der Waals surface area contributed by atoms with Crippen molar-refractivity contribution >= 4 is 22.6 Å². The van der Waals surface area contributed by atoms with E-state index in [0.29, 0.717) is 55.6 Å². The van der Waals surface area contributed by atoms with E-state index < -0.39 is 23.7 Å². The van der Waals surface area contributed by atoms with E-state index in [2.05, 4.69) is 10.3 Å². The molecule has 1 unspecified atom stereocenters. The number of rotatable bonds is 4. The SMILES string of the molecule is CC(O)(C(=O)NC1CCN(c2nc(-c3ccccc3O)nc3ccccc23)CC1)C(F)(F)F.[HH].[HH]. The number of para-hydroxylation sites is 2. The molecule has 0 aliphatic carbocycles. The van der Waals surface area contributed by atoms with Crippen LogP contribution in [0, 0.1) is 0 Å². The summed E-state index contributed by atoms with van der Waals surface area (Å²) in [6, 6.07) is 13.7. The Kier molecular flexibility index (Phi) is 5.87. The van der Waals surface area contributed by atoms with Crippen LogP contribution in [0.1, 0.15) is 22.6 Å². The van der Waals surface area contributed by atoms with Gasteiger partial charge < -0.3 is 20.4 Å². The van der Waals surface area contributed by atoms with Crippen molar-refractivity contribution < 1.29 is 31.0 Å². The van der Waals surface area contributed by atoms with Crippen LogP contribution in [-0.4, -0.2) is 57.0 Å². The number of nitrogens with zero attached hydrogens (tertiary/aromatic N) is 3. The number of amides is 1. The lowest BCUT2D eigenvalue weighted by Gasteiger charge is -2.35. The first-order valence-electron chi connectivity index (χ1n) is 10.5. The molecule has 2 heterocycles. The molecule has 10 heteroatoms. The van der Waals surface area contributed by atoms with Crippen LogP contribution in [0.25, 0.3) is 22.3 Å². The third-order valence-corrected chi connectivity index (χ3v) is 5.85. The number of aromatic hydroxyl groups is 1. The largest absolute Gasteiger partial charge is 0.507 e. The van der Waals surface area contributed by atoms with Gasteiger partial charge in [0.05, 0.1) is 11.1 Å². The Balaban J connectivity index is 0.00000216. The Bertz CT molecular complexity index is 1190. The second-order valence-corrected chi connectivity index (χ2v) is 8.21. The summed E-state index contributed by atoms with van der Waals surface area (Å²) in [4.78, 5) is 23.3. The van der Waals surface area contributed by atoms with Gasteiger partial charge in [-0.05, 0) is 44.0 Å². The molecule has 1 atom stereocenters. The molecule has 1 saturated heterocycles. The minimum Gasteiger partial charge on any atom is -0.507 e. The normalized spacial score (nSPS) is 17.1. The Morgan fingerprint density at radius 2 is 1.73 bits per heavy atom. The van der Waals surface area contributed by atoms with E-state index in [1.807, 2.05) is 29.2 Å². The van der Waals surface area contributed by atoms with Gasteiger partial charge >= 0.3 is 6.18 Å². The molecular formula is C23H27F3N4O3. The lowest BCUT2D eigenvalue weighted by Crippen LogP contribution is -2.58. The smallest absolute Gasteiger partial charge is 0.426 e. The highest BCUT2D eigenvalue weighted by Gasteiger charge is 2.56. The van der Waals surface area contributed by atoms with Gasteiger partial charge in [-0.1, -0.05) is 24.3 Å². The van der Waals surface area contributed by atoms with Gasteiger partial charge in [0.25, 0.3) is 5.91 Å². The van der Waals surface area contributed by atoms with E-state index in [1.54, 1.807) is 24.3 Å². The molecule has 4 rings (SSSR count). The second kappa shape index (κ2) is 8.51. The quantitative estimate of drug-likeness (QED) is 0.542. The monoisotopic (exact) mass is 464 g/mol. The predicted molar refractivity (Wildman–Crippen MR) is 121 cm³/mol. The number of carbonyl (C=O) groups is 1. The van der Waals surface area contributed by atoms with Gasteiger partial charge in [-0.15, -0.1) is 0 Å². The molecule has 1 aliphatic rings. The summed E-state index contributed by atoms with van der Waals surface area (Å²) < 4.78 is 38.8. The molecule has 0 spiro atoms. The topological polar surface area (TPSA) is 98.6 Å². The molecule has 1 aromatic heterocycles. The first-order chi connectivity index (χ1) is 15.6. The first kappa shape index (κ1) is 22.8. The fourth-order valence-corrected chi connectivity index (χ4v) is 3.77. The van der Waals surface area contributed by atoms with Crippen LogP contribution in [-0.2, 0) is 4.79 Å². The zero-order chi connectivity index (χ0) is 23.8. The van der Waals surface area contributed by atoms with Gasteiger partial charge in [0, 0.05) is 27.4 Å². The van der Waals surface area contributed by atoms with E-state index >= 15 is 0 Å². The number of aromatic nitrogens is 2. The van der Waals surface area contributed by atoms with Crippen LogP contribution in [0.4, 0.5) is 19.0 Å². The average Bonchev–Trinajstić information content (AvgIpc) is 2.78. The molecule has 1 amide bonds. The summed E-state index contributed by atoms with van der Waals surface area (Å²) in [5, 5.41) is 22.9. The van der Waals surface area contributed by atoms with Crippen LogP contribution < -0.4 is 10.2 Å². The van der Waals surface area contributed by atoms with Gasteiger partial charge in [0.15, 0.2) is 5.82 Å². The number of fused-ring (bicyclic) bond motifs is 1. The van der Waals surface area contributed by atoms with Gasteiger partial charge in [0.1, 0.15) is 11.6 Å². The maximum Gasteiger partial charge on any atom is 0.426 e. The average molecular weight is 464 g/mol. The Morgan fingerprint density at radius 3 is 2.39 bits per heavy atom. The van der Waals surface area contributed by atoms with Crippen LogP contribution in [0.3, 0.4) is 0 Å². The van der Waals surface area contributed by atoms with Crippen LogP contribution in [0.15, 0.2) is 48.5 Å². The number of halogens is 3. The van der Waals surface area contributed by atoms with E-state index in [0.717, 1.165) is 5.39 Å². The molecule has 2 aromatic carbocycles. The first-order valence-corrected chi connectivity index (χ1v) is 10.5. The Morgan fingerprint density at radius 1 is 1.09 bits per heavy atom. The molecule has 0 radical (unpaired) electrons. The maximum absolute atomic E-state index is 12.9. The summed E-state index contributed by atoms with van der Waals surface area (Å²) in [5.41, 5.74) is -2.27. The lowest BCUT2D eigenvalue weighted by molar-refractivity contribution is -0.245. The van der Waals surface area contributed by atoms with Crippen molar-refractivity contribution in [2.75, 3.05) is 18.0 Å². The summed E-state index contributed by atoms with van der Waals surface area (Å²) >= 11 is 0. The van der Waals surface area contributed by atoms with E-state index in [4.69, 9.17) is 4.98 Å². The number of benzene rings is 2. The van der Waals surface area contributed by atoms with E-state index in [-0.39, 0.29) is 8.60 Å². The van der Waals surface area contributed by atoms with E-state index in [9.17, 15) is 28.2 Å². The second-order valence-electron chi connectivity index (χ2n) is 8.21. The van der Waals surface area contributed by atoms with Crippen molar-refractivity contribution in [3.63, 3.8) is 0 Å². The molecule has 33 heavy (non-hydrogen) atoms. The van der Waals surface area contributed by atoms with Gasteiger partial charge in [0.2, 0.25) is 5.60 Å². The van der Waals surface area contributed by atoms with Gasteiger partial charge in [-0.25, -0.2) is 9.97 Å². The maximum atomic E-state index is 12.9. The van der Waals surface area contributed by atoms with Crippen LogP contribution in [0.5, 0.6) is 5.75 Å². The highest BCUT2D eigenvalue weighted by molar-refractivity contribution is 5.91. The number of anilines is 1. The van der Waals surface area contributed by atoms with E-state index in [1.165, 1.54) is 0 Å². The molecule has 0 saturated carbocycles. The Labute approximate surface area is 190 Å². The number of hydrogen-bond donors (Lipinski definition) is 3. The molecular weight excluding hydrogens is 437 g/mol. The molecule has 3 N–H and O–H groups in total. The predicted octanol–water partition coefficient (Wildman–Crippen LogP) is 3.89. The highest BCUT2D eigenvalue weighted by atomic mass is 19.4. The van der Waals surface area contributed by atoms with Crippen molar-refractivity contribution in [2.45, 2.75) is 37.6 Å². The number of aliphatic hydroxyl groups is 1. The summed E-state index contributed by atoms with van der Waals surface area (Å²) in [6.07, 6.45) is -4.30. The third kappa shape index (κ3) is 4.43. The van der Waals surface area contributed by atoms with Crippen molar-refractivity contribution in [2.24, 2.45) is 0 Å².